The van der Waals surface area contributed by atoms with Gasteiger partial charge in [0.05, 0.1) is 12.2 Å². The molecule has 0 amide bonds. The number of ether oxygens (including phenoxy) is 1. The van der Waals surface area contributed by atoms with Crippen molar-refractivity contribution in [3.63, 3.8) is 0 Å². The summed E-state index contributed by atoms with van der Waals surface area (Å²) in [6, 6.07) is 0. The van der Waals surface area contributed by atoms with Crippen molar-refractivity contribution in [3.8, 4) is 0 Å². The van der Waals surface area contributed by atoms with E-state index in [1.165, 1.54) is 11.3 Å². The number of carbonyl (C=O) groups is 1. The zero-order valence-corrected chi connectivity index (χ0v) is 10.8. The summed E-state index contributed by atoms with van der Waals surface area (Å²) in [5.74, 6) is 0. The summed E-state index contributed by atoms with van der Waals surface area (Å²) in [6.45, 7) is 6.28. The third-order valence-electron chi connectivity index (χ3n) is 2.40. The van der Waals surface area contributed by atoms with Crippen LogP contribution in [-0.4, -0.2) is 36.6 Å². The van der Waals surface area contributed by atoms with E-state index < -0.39 is 0 Å². The van der Waals surface area contributed by atoms with Crippen LogP contribution < -0.4 is 4.90 Å². The molecule has 0 aromatic carbocycles. The third kappa shape index (κ3) is 2.36. The number of aldehydes is 1. The molecule has 6 heteroatoms. The molecular formula is C10H13ClN2O2S. The number of rotatable bonds is 2. The molecular weight excluding hydrogens is 248 g/mol. The molecule has 1 aromatic rings. The second kappa shape index (κ2) is 4.31. The van der Waals surface area contributed by atoms with E-state index in [1.807, 2.05) is 13.8 Å². The van der Waals surface area contributed by atoms with E-state index in [-0.39, 0.29) is 5.60 Å². The van der Waals surface area contributed by atoms with Crippen molar-refractivity contribution in [2.45, 2.75) is 19.4 Å². The monoisotopic (exact) mass is 260 g/mol. The zero-order valence-electron chi connectivity index (χ0n) is 9.20. The molecule has 1 fully saturated rings. The summed E-state index contributed by atoms with van der Waals surface area (Å²) < 4.78 is 5.61. The van der Waals surface area contributed by atoms with Crippen molar-refractivity contribution in [3.05, 3.63) is 10.0 Å². The minimum atomic E-state index is -0.183. The minimum absolute atomic E-state index is 0.183. The molecule has 16 heavy (non-hydrogen) atoms. The Labute approximate surface area is 103 Å². The number of aromatic nitrogens is 1. The molecule has 0 spiro atoms. The molecule has 0 bridgehead atoms. The Morgan fingerprint density at radius 2 is 2.38 bits per heavy atom. The normalized spacial score (nSPS) is 19.8. The average molecular weight is 261 g/mol. The van der Waals surface area contributed by atoms with Crippen LogP contribution in [0.15, 0.2) is 0 Å². The van der Waals surface area contributed by atoms with Crippen molar-refractivity contribution >= 4 is 34.4 Å². The highest BCUT2D eigenvalue weighted by Crippen LogP contribution is 2.30. The predicted molar refractivity (Wildman–Crippen MR) is 64.8 cm³/mol. The van der Waals surface area contributed by atoms with Crippen molar-refractivity contribution in [1.29, 1.82) is 0 Å². The predicted octanol–water partition coefficient (Wildman–Crippen LogP) is 2.22. The van der Waals surface area contributed by atoms with E-state index in [2.05, 4.69) is 9.88 Å². The molecule has 1 aliphatic heterocycles. The van der Waals surface area contributed by atoms with Crippen LogP contribution in [0.2, 0.25) is 5.15 Å². The second-order valence-corrected chi connectivity index (χ2v) is 5.67. The van der Waals surface area contributed by atoms with Crippen LogP contribution in [0, 0.1) is 0 Å². The Bertz CT molecular complexity index is 406. The summed E-state index contributed by atoms with van der Waals surface area (Å²) in [4.78, 5) is 17.5. The van der Waals surface area contributed by atoms with Crippen LogP contribution in [0.1, 0.15) is 23.5 Å². The van der Waals surface area contributed by atoms with Gasteiger partial charge in [-0.25, -0.2) is 4.98 Å². The number of hydrogen-bond acceptors (Lipinski definition) is 5. The fourth-order valence-electron chi connectivity index (χ4n) is 1.69. The van der Waals surface area contributed by atoms with Crippen LogP contribution in [-0.2, 0) is 4.74 Å². The van der Waals surface area contributed by atoms with E-state index in [0.29, 0.717) is 16.6 Å². The second-order valence-electron chi connectivity index (χ2n) is 4.30. The van der Waals surface area contributed by atoms with Gasteiger partial charge in [0.25, 0.3) is 0 Å². The molecule has 0 aliphatic carbocycles. The first-order valence-electron chi connectivity index (χ1n) is 5.02. The molecule has 2 rings (SSSR count). The van der Waals surface area contributed by atoms with Crippen molar-refractivity contribution in [2.75, 3.05) is 24.6 Å². The maximum atomic E-state index is 10.7. The highest BCUT2D eigenvalue weighted by atomic mass is 35.5. The molecule has 0 N–H and O–H groups in total. The maximum absolute atomic E-state index is 10.7. The summed E-state index contributed by atoms with van der Waals surface area (Å²) in [7, 11) is 0. The fourth-order valence-corrected chi connectivity index (χ4v) is 2.78. The minimum Gasteiger partial charge on any atom is -0.372 e. The van der Waals surface area contributed by atoms with Crippen LogP contribution in [0.5, 0.6) is 0 Å². The first-order valence-corrected chi connectivity index (χ1v) is 6.22. The summed E-state index contributed by atoms with van der Waals surface area (Å²) in [5, 5.41) is 1.09. The summed E-state index contributed by atoms with van der Waals surface area (Å²) in [6.07, 6.45) is 0.745. The number of halogens is 1. The van der Waals surface area contributed by atoms with Gasteiger partial charge in [-0.05, 0) is 13.8 Å². The van der Waals surface area contributed by atoms with Crippen molar-refractivity contribution in [2.24, 2.45) is 0 Å². The Balaban J connectivity index is 2.20. The number of morpholine rings is 1. The smallest absolute Gasteiger partial charge is 0.187 e. The standard InChI is InChI=1S/C10H13ClN2O2S/c1-10(2)6-13(3-4-15-10)9-12-8(11)7(5-14)16-9/h5H,3-4,6H2,1-2H3. The van der Waals surface area contributed by atoms with E-state index in [0.717, 1.165) is 24.5 Å². The SMILES string of the molecule is CC1(C)CN(c2nc(Cl)c(C=O)s2)CCO1. The largest absolute Gasteiger partial charge is 0.372 e. The summed E-state index contributed by atoms with van der Waals surface area (Å²) >= 11 is 7.17. The first kappa shape index (κ1) is 11.8. The Morgan fingerprint density at radius 1 is 1.62 bits per heavy atom. The number of carbonyl (C=O) groups excluding carboxylic acids is 1. The summed E-state index contributed by atoms with van der Waals surface area (Å²) in [5.41, 5.74) is -0.183. The Kier molecular flexibility index (Phi) is 3.19. The van der Waals surface area contributed by atoms with Gasteiger partial charge in [0.2, 0.25) is 0 Å². The molecule has 0 atom stereocenters. The van der Waals surface area contributed by atoms with Gasteiger partial charge in [-0.1, -0.05) is 22.9 Å². The third-order valence-corrected chi connectivity index (χ3v) is 3.84. The Hall–Kier alpha value is -0.650. The quantitative estimate of drug-likeness (QED) is 0.765. The van der Waals surface area contributed by atoms with Gasteiger partial charge < -0.3 is 9.64 Å². The van der Waals surface area contributed by atoms with Gasteiger partial charge in [0.1, 0.15) is 4.88 Å². The number of thiazole rings is 1. The van der Waals surface area contributed by atoms with Gasteiger partial charge in [0.15, 0.2) is 16.6 Å². The van der Waals surface area contributed by atoms with E-state index in [9.17, 15) is 4.79 Å². The van der Waals surface area contributed by atoms with Gasteiger partial charge in [-0.15, -0.1) is 0 Å². The lowest BCUT2D eigenvalue weighted by Gasteiger charge is -2.37. The van der Waals surface area contributed by atoms with Crippen LogP contribution in [0.3, 0.4) is 0 Å². The van der Waals surface area contributed by atoms with Crippen LogP contribution in [0.4, 0.5) is 5.13 Å². The molecule has 2 heterocycles. The number of anilines is 1. The molecule has 1 aliphatic rings. The fraction of sp³-hybridized carbons (Fsp3) is 0.600. The maximum Gasteiger partial charge on any atom is 0.187 e. The van der Waals surface area contributed by atoms with E-state index in [4.69, 9.17) is 16.3 Å². The van der Waals surface area contributed by atoms with E-state index >= 15 is 0 Å². The topological polar surface area (TPSA) is 42.4 Å². The number of nitrogens with zero attached hydrogens (tertiary/aromatic N) is 2. The lowest BCUT2D eigenvalue weighted by Crippen LogP contribution is -2.48. The lowest BCUT2D eigenvalue weighted by atomic mass is 10.1. The molecule has 1 saturated heterocycles. The molecule has 0 saturated carbocycles. The van der Waals surface area contributed by atoms with Gasteiger partial charge >= 0.3 is 0 Å². The highest BCUT2D eigenvalue weighted by molar-refractivity contribution is 7.17. The first-order chi connectivity index (χ1) is 7.52. The molecule has 4 nitrogen and oxygen atoms in total. The van der Waals surface area contributed by atoms with Crippen molar-refractivity contribution < 1.29 is 9.53 Å². The number of hydrogen-bond donors (Lipinski definition) is 0. The zero-order chi connectivity index (χ0) is 11.8. The van der Waals surface area contributed by atoms with Gasteiger partial charge in [-0.2, -0.15) is 0 Å². The molecule has 1 aromatic heterocycles. The van der Waals surface area contributed by atoms with Gasteiger partial charge in [-0.3, -0.25) is 4.79 Å². The Morgan fingerprint density at radius 3 is 2.94 bits per heavy atom. The van der Waals surface area contributed by atoms with Crippen LogP contribution >= 0.6 is 22.9 Å². The van der Waals surface area contributed by atoms with Gasteiger partial charge in [0, 0.05) is 13.1 Å². The molecule has 88 valence electrons. The highest BCUT2D eigenvalue weighted by Gasteiger charge is 2.29. The van der Waals surface area contributed by atoms with Crippen molar-refractivity contribution in [1.82, 2.24) is 4.98 Å². The lowest BCUT2D eigenvalue weighted by molar-refractivity contribution is -0.0277. The van der Waals surface area contributed by atoms with Crippen LogP contribution in [0.25, 0.3) is 0 Å². The van der Waals surface area contributed by atoms with E-state index in [1.54, 1.807) is 0 Å². The average Bonchev–Trinajstić information content (AvgIpc) is 2.58. The molecule has 0 unspecified atom stereocenters. The molecule has 0 radical (unpaired) electrons.